The van der Waals surface area contributed by atoms with Crippen LogP contribution in [0, 0.1) is 0 Å². The van der Waals surface area contributed by atoms with Crippen LogP contribution < -0.4 is 10.9 Å². The maximum absolute atomic E-state index is 11.3. The van der Waals surface area contributed by atoms with E-state index < -0.39 is 0 Å². The minimum atomic E-state index is -0.155. The predicted octanol–water partition coefficient (Wildman–Crippen LogP) is 0.370. The van der Waals surface area contributed by atoms with Crippen LogP contribution in [0.4, 0.5) is 5.82 Å². The molecule has 0 bridgehead atoms. The Morgan fingerprint density at radius 3 is 3.12 bits per heavy atom. The second kappa shape index (κ2) is 5.24. The van der Waals surface area contributed by atoms with Crippen molar-refractivity contribution in [1.29, 1.82) is 0 Å². The molecule has 2 rings (SSSR count). The van der Waals surface area contributed by atoms with Gasteiger partial charge >= 0.3 is 0 Å². The molecule has 2 N–H and O–H groups in total. The summed E-state index contributed by atoms with van der Waals surface area (Å²) < 4.78 is 4.85. The quantitative estimate of drug-likeness (QED) is 0.777. The van der Waals surface area contributed by atoms with E-state index in [1.807, 2.05) is 6.92 Å². The van der Waals surface area contributed by atoms with Crippen molar-refractivity contribution in [3.05, 3.63) is 34.5 Å². The van der Waals surface area contributed by atoms with E-state index in [0.29, 0.717) is 36.9 Å². The van der Waals surface area contributed by atoms with Crippen molar-refractivity contribution in [2.75, 3.05) is 11.9 Å². The molecule has 0 saturated heterocycles. The fourth-order valence-corrected chi connectivity index (χ4v) is 1.37. The molecule has 0 radical (unpaired) electrons. The minimum Gasteiger partial charge on any atom is -0.369 e. The molecule has 0 saturated carbocycles. The number of aromatic nitrogens is 4. The van der Waals surface area contributed by atoms with Crippen LogP contribution in [0.25, 0.3) is 0 Å². The van der Waals surface area contributed by atoms with Gasteiger partial charge in [0, 0.05) is 25.5 Å². The van der Waals surface area contributed by atoms with Gasteiger partial charge in [-0.2, -0.15) is 4.98 Å². The first-order valence-corrected chi connectivity index (χ1v) is 5.37. The lowest BCUT2D eigenvalue weighted by atomic mass is 10.4. The van der Waals surface area contributed by atoms with Crippen LogP contribution in [-0.4, -0.2) is 26.7 Å². The Morgan fingerprint density at radius 1 is 1.53 bits per heavy atom. The number of hydrogen-bond acceptors (Lipinski definition) is 6. The van der Waals surface area contributed by atoms with Crippen LogP contribution in [0.3, 0.4) is 0 Å². The van der Waals surface area contributed by atoms with Crippen molar-refractivity contribution < 1.29 is 4.52 Å². The molecule has 0 aliphatic carbocycles. The van der Waals surface area contributed by atoms with Gasteiger partial charge in [-0.05, 0) is 0 Å². The molecule has 17 heavy (non-hydrogen) atoms. The van der Waals surface area contributed by atoms with Gasteiger partial charge in [0.15, 0.2) is 6.33 Å². The highest BCUT2D eigenvalue weighted by Crippen LogP contribution is 2.00. The van der Waals surface area contributed by atoms with E-state index in [4.69, 9.17) is 4.52 Å². The molecular weight excluding hydrogens is 222 g/mol. The molecule has 0 aliphatic rings. The van der Waals surface area contributed by atoms with Gasteiger partial charge in [-0.3, -0.25) is 4.79 Å². The first-order chi connectivity index (χ1) is 8.28. The third-order valence-electron chi connectivity index (χ3n) is 2.18. The van der Waals surface area contributed by atoms with E-state index in [1.165, 1.54) is 12.4 Å². The second-order valence-electron chi connectivity index (χ2n) is 3.44. The number of aryl methyl sites for hydroxylation is 1. The summed E-state index contributed by atoms with van der Waals surface area (Å²) in [6.45, 7) is 2.52. The van der Waals surface area contributed by atoms with Crippen LogP contribution in [-0.2, 0) is 12.8 Å². The van der Waals surface area contributed by atoms with Crippen LogP contribution in [0.15, 0.2) is 21.7 Å². The number of nitrogens with one attached hydrogen (secondary N) is 2. The molecule has 0 atom stereocenters. The van der Waals surface area contributed by atoms with Crippen LogP contribution >= 0.6 is 0 Å². The Morgan fingerprint density at radius 2 is 2.41 bits per heavy atom. The van der Waals surface area contributed by atoms with E-state index in [9.17, 15) is 4.79 Å². The zero-order valence-electron chi connectivity index (χ0n) is 9.43. The van der Waals surface area contributed by atoms with Crippen LogP contribution in [0.2, 0.25) is 0 Å². The Bertz CT molecular complexity index is 520. The van der Waals surface area contributed by atoms with Gasteiger partial charge in [0.05, 0.1) is 0 Å². The SMILES string of the molecule is CCc1nc(NCCc2ncno2)cc(=O)[nH]1. The molecule has 7 heteroatoms. The molecule has 0 spiro atoms. The normalized spacial score (nSPS) is 10.4. The predicted molar refractivity (Wildman–Crippen MR) is 60.7 cm³/mol. The molecule has 0 aliphatic heterocycles. The summed E-state index contributed by atoms with van der Waals surface area (Å²) in [4.78, 5) is 22.1. The largest absolute Gasteiger partial charge is 0.369 e. The summed E-state index contributed by atoms with van der Waals surface area (Å²) in [5.74, 6) is 1.78. The molecule has 0 fully saturated rings. The Kier molecular flexibility index (Phi) is 3.49. The summed E-state index contributed by atoms with van der Waals surface area (Å²) in [5, 5.41) is 6.54. The molecule has 2 aromatic heterocycles. The molecule has 7 nitrogen and oxygen atoms in total. The average molecular weight is 235 g/mol. The second-order valence-corrected chi connectivity index (χ2v) is 3.44. The maximum Gasteiger partial charge on any atom is 0.252 e. The lowest BCUT2D eigenvalue weighted by Crippen LogP contribution is -2.14. The first kappa shape index (κ1) is 11.3. The van der Waals surface area contributed by atoms with E-state index in [-0.39, 0.29) is 5.56 Å². The lowest BCUT2D eigenvalue weighted by molar-refractivity contribution is 0.379. The van der Waals surface area contributed by atoms with E-state index >= 15 is 0 Å². The molecule has 90 valence electrons. The first-order valence-electron chi connectivity index (χ1n) is 5.37. The minimum absolute atomic E-state index is 0.155. The zero-order valence-corrected chi connectivity index (χ0v) is 9.43. The van der Waals surface area contributed by atoms with Gasteiger partial charge in [0.25, 0.3) is 5.56 Å². The van der Waals surface area contributed by atoms with Crippen molar-refractivity contribution in [1.82, 2.24) is 20.1 Å². The van der Waals surface area contributed by atoms with Crippen molar-refractivity contribution in [3.8, 4) is 0 Å². The number of aromatic amines is 1. The Balaban J connectivity index is 1.94. The number of nitrogens with zero attached hydrogens (tertiary/aromatic N) is 3. The number of hydrogen-bond donors (Lipinski definition) is 2. The zero-order chi connectivity index (χ0) is 12.1. The Hall–Kier alpha value is -2.18. The molecule has 0 aromatic carbocycles. The van der Waals surface area contributed by atoms with E-state index in [0.717, 1.165) is 0 Å². The number of H-pyrrole nitrogens is 1. The summed E-state index contributed by atoms with van der Waals surface area (Å²) in [5.41, 5.74) is -0.155. The topological polar surface area (TPSA) is 96.7 Å². The Labute approximate surface area is 97.3 Å². The number of anilines is 1. The van der Waals surface area contributed by atoms with Gasteiger partial charge in [-0.25, -0.2) is 4.98 Å². The summed E-state index contributed by atoms with van der Waals surface area (Å²) in [6, 6.07) is 1.42. The van der Waals surface area contributed by atoms with Gasteiger partial charge < -0.3 is 14.8 Å². The fourth-order valence-electron chi connectivity index (χ4n) is 1.37. The monoisotopic (exact) mass is 235 g/mol. The summed E-state index contributed by atoms with van der Waals surface area (Å²) in [6.07, 6.45) is 2.64. The highest BCUT2D eigenvalue weighted by Gasteiger charge is 2.01. The van der Waals surface area contributed by atoms with Gasteiger partial charge in [-0.15, -0.1) is 0 Å². The molecule has 2 aromatic rings. The van der Waals surface area contributed by atoms with Crippen molar-refractivity contribution >= 4 is 5.82 Å². The lowest BCUT2D eigenvalue weighted by Gasteiger charge is -2.04. The van der Waals surface area contributed by atoms with Crippen molar-refractivity contribution in [2.45, 2.75) is 19.8 Å². The third kappa shape index (κ3) is 3.13. The summed E-state index contributed by atoms with van der Waals surface area (Å²) in [7, 11) is 0. The van der Waals surface area contributed by atoms with Crippen LogP contribution in [0.1, 0.15) is 18.6 Å². The molecule has 0 unspecified atom stereocenters. The van der Waals surface area contributed by atoms with E-state index in [2.05, 4.69) is 25.4 Å². The molecule has 0 amide bonds. The summed E-state index contributed by atoms with van der Waals surface area (Å²) >= 11 is 0. The van der Waals surface area contributed by atoms with Crippen LogP contribution in [0.5, 0.6) is 0 Å². The molecule has 2 heterocycles. The average Bonchev–Trinajstić information content (AvgIpc) is 2.81. The van der Waals surface area contributed by atoms with E-state index in [1.54, 1.807) is 0 Å². The third-order valence-corrected chi connectivity index (χ3v) is 2.18. The number of rotatable bonds is 5. The molecular formula is C10H13N5O2. The van der Waals surface area contributed by atoms with Crippen molar-refractivity contribution in [2.24, 2.45) is 0 Å². The standard InChI is InChI=1S/C10H13N5O2/c1-2-7-14-8(5-9(16)15-7)11-4-3-10-12-6-13-17-10/h5-6H,2-4H2,1H3,(H2,11,14,15,16). The smallest absolute Gasteiger partial charge is 0.252 e. The van der Waals surface area contributed by atoms with Gasteiger partial charge in [0.2, 0.25) is 5.89 Å². The fraction of sp³-hybridized carbons (Fsp3) is 0.400. The van der Waals surface area contributed by atoms with Gasteiger partial charge in [0.1, 0.15) is 11.6 Å². The van der Waals surface area contributed by atoms with Crippen molar-refractivity contribution in [3.63, 3.8) is 0 Å². The van der Waals surface area contributed by atoms with Gasteiger partial charge in [-0.1, -0.05) is 12.1 Å². The highest BCUT2D eigenvalue weighted by atomic mass is 16.5. The highest BCUT2D eigenvalue weighted by molar-refractivity contribution is 5.32. The maximum atomic E-state index is 11.3.